The molecule has 1 unspecified atom stereocenters. The molecule has 2 heterocycles. The maximum atomic E-state index is 13.6. The van der Waals surface area contributed by atoms with Gasteiger partial charge >= 0.3 is 6.03 Å². The quantitative estimate of drug-likeness (QED) is 0.428. The van der Waals surface area contributed by atoms with Crippen molar-refractivity contribution in [3.8, 4) is 5.75 Å². The number of methoxy groups -OCH3 is 1. The van der Waals surface area contributed by atoms with Crippen LogP contribution in [0.2, 0.25) is 0 Å². The van der Waals surface area contributed by atoms with Crippen LogP contribution in [-0.4, -0.2) is 82.5 Å². The minimum Gasteiger partial charge on any atom is -0.497 e. The van der Waals surface area contributed by atoms with Crippen LogP contribution in [0.3, 0.4) is 0 Å². The lowest BCUT2D eigenvalue weighted by atomic mass is 9.99. The molecule has 1 aromatic heterocycles. The summed E-state index contributed by atoms with van der Waals surface area (Å²) < 4.78 is 5.24. The van der Waals surface area contributed by atoms with Gasteiger partial charge < -0.3 is 30.2 Å². The highest BCUT2D eigenvalue weighted by molar-refractivity contribution is 5.87. The first-order valence-electron chi connectivity index (χ1n) is 13.2. The Hall–Kier alpha value is -3.56. The van der Waals surface area contributed by atoms with Crippen LogP contribution in [0, 0.1) is 0 Å². The molecule has 10 nitrogen and oxygen atoms in total. The molecule has 1 saturated heterocycles. The van der Waals surface area contributed by atoms with Crippen LogP contribution in [0.4, 0.5) is 4.79 Å². The van der Waals surface area contributed by atoms with E-state index in [9.17, 15) is 14.4 Å². The van der Waals surface area contributed by atoms with Crippen molar-refractivity contribution in [2.24, 2.45) is 0 Å². The van der Waals surface area contributed by atoms with Crippen molar-refractivity contribution < 1.29 is 19.1 Å². The first-order valence-corrected chi connectivity index (χ1v) is 13.2. The molecule has 37 heavy (non-hydrogen) atoms. The molecule has 2 aromatic rings. The molecule has 2 fully saturated rings. The molecule has 10 heteroatoms. The zero-order valence-corrected chi connectivity index (χ0v) is 21.7. The van der Waals surface area contributed by atoms with Crippen molar-refractivity contribution in [2.75, 3.05) is 26.7 Å². The summed E-state index contributed by atoms with van der Waals surface area (Å²) in [6, 6.07) is 6.99. The van der Waals surface area contributed by atoms with Crippen molar-refractivity contribution in [1.82, 2.24) is 30.4 Å². The average molecular weight is 511 g/mol. The number of aromatic amines is 1. The Bertz CT molecular complexity index is 1030. The molecule has 0 radical (unpaired) electrons. The van der Waals surface area contributed by atoms with Crippen LogP contribution in [-0.2, 0) is 22.4 Å². The summed E-state index contributed by atoms with van der Waals surface area (Å²) in [5, 5.41) is 5.73. The Morgan fingerprint density at radius 1 is 1.14 bits per heavy atom. The molecule has 1 aliphatic heterocycles. The molecule has 3 N–H and O–H groups in total. The predicted octanol–water partition coefficient (Wildman–Crippen LogP) is 2.26. The topological polar surface area (TPSA) is 120 Å². The van der Waals surface area contributed by atoms with E-state index in [2.05, 4.69) is 25.5 Å². The van der Waals surface area contributed by atoms with E-state index in [4.69, 9.17) is 4.74 Å². The highest BCUT2D eigenvalue weighted by Crippen LogP contribution is 2.32. The number of urea groups is 1. The van der Waals surface area contributed by atoms with E-state index in [0.717, 1.165) is 42.7 Å². The maximum Gasteiger partial charge on any atom is 0.315 e. The normalized spacial score (nSPS) is 16.6. The molecule has 1 aromatic carbocycles. The van der Waals surface area contributed by atoms with E-state index in [0.29, 0.717) is 44.9 Å². The number of rotatable bonds is 11. The standard InChI is InChI=1S/C27H38N6O4/c1-3-25(34)33(21-6-7-21)22-11-14-32(15-12-22)26(35)24(16-19-4-8-23(37-2)9-5-19)31-27(36)29-13-10-20-17-28-18-30-20/h4-5,8-9,17-18,21-22,24H,3,6-7,10-16H2,1-2H3,(H,28,30)(H2,29,31,36). The number of amides is 4. The highest BCUT2D eigenvalue weighted by Gasteiger charge is 2.39. The Labute approximate surface area is 218 Å². The van der Waals surface area contributed by atoms with E-state index in [1.807, 2.05) is 36.1 Å². The average Bonchev–Trinajstić information content (AvgIpc) is 3.62. The van der Waals surface area contributed by atoms with Crippen LogP contribution < -0.4 is 15.4 Å². The molecule has 0 bridgehead atoms. The largest absolute Gasteiger partial charge is 0.497 e. The van der Waals surface area contributed by atoms with Gasteiger partial charge in [0.2, 0.25) is 11.8 Å². The zero-order valence-electron chi connectivity index (χ0n) is 21.7. The molecular formula is C27H38N6O4. The van der Waals surface area contributed by atoms with Gasteiger partial charge in [-0.25, -0.2) is 9.78 Å². The summed E-state index contributed by atoms with van der Waals surface area (Å²) in [6.07, 6.45) is 8.55. The molecule has 4 rings (SSSR count). The van der Waals surface area contributed by atoms with E-state index in [1.54, 1.807) is 19.6 Å². The van der Waals surface area contributed by atoms with Gasteiger partial charge in [-0.3, -0.25) is 9.59 Å². The number of nitrogens with one attached hydrogen (secondary N) is 3. The number of benzene rings is 1. The molecule has 1 aliphatic carbocycles. The molecule has 1 saturated carbocycles. The van der Waals surface area contributed by atoms with Gasteiger partial charge in [0.15, 0.2) is 0 Å². The lowest BCUT2D eigenvalue weighted by molar-refractivity contribution is -0.138. The molecule has 1 atom stereocenters. The summed E-state index contributed by atoms with van der Waals surface area (Å²) >= 11 is 0. The fraction of sp³-hybridized carbons (Fsp3) is 0.556. The summed E-state index contributed by atoms with van der Waals surface area (Å²) in [5.74, 6) is 0.842. The predicted molar refractivity (Wildman–Crippen MR) is 139 cm³/mol. The van der Waals surface area contributed by atoms with Crippen molar-refractivity contribution in [3.05, 3.63) is 48.0 Å². The fourth-order valence-electron chi connectivity index (χ4n) is 4.96. The molecular weight excluding hydrogens is 472 g/mol. The zero-order chi connectivity index (χ0) is 26.2. The number of hydrogen-bond donors (Lipinski definition) is 3. The Balaban J connectivity index is 1.37. The van der Waals surface area contributed by atoms with E-state index in [-0.39, 0.29) is 23.9 Å². The first-order chi connectivity index (χ1) is 18.0. The van der Waals surface area contributed by atoms with Crippen molar-refractivity contribution in [3.63, 3.8) is 0 Å². The molecule has 2 aliphatic rings. The van der Waals surface area contributed by atoms with Crippen molar-refractivity contribution in [1.29, 1.82) is 0 Å². The van der Waals surface area contributed by atoms with Gasteiger partial charge in [-0.15, -0.1) is 0 Å². The van der Waals surface area contributed by atoms with Gasteiger partial charge in [0.05, 0.1) is 19.1 Å². The van der Waals surface area contributed by atoms with Crippen LogP contribution in [0.5, 0.6) is 5.75 Å². The number of piperidine rings is 1. The van der Waals surface area contributed by atoms with Crippen LogP contribution in [0.15, 0.2) is 36.8 Å². The maximum absolute atomic E-state index is 13.6. The second-order valence-electron chi connectivity index (χ2n) is 9.76. The third kappa shape index (κ3) is 7.24. The number of hydrogen-bond acceptors (Lipinski definition) is 5. The Kier molecular flexibility index (Phi) is 9.03. The number of likely N-dealkylation sites (tertiary alicyclic amines) is 1. The lowest BCUT2D eigenvalue weighted by Gasteiger charge is -2.39. The van der Waals surface area contributed by atoms with Crippen LogP contribution in [0.1, 0.15) is 50.3 Å². The SMILES string of the molecule is CCC(=O)N(C1CC1)C1CCN(C(=O)C(Cc2ccc(OC)cc2)NC(=O)NCCc2c[nH]cn2)CC1. The van der Waals surface area contributed by atoms with E-state index in [1.165, 1.54) is 0 Å². The van der Waals surface area contributed by atoms with Crippen LogP contribution >= 0.6 is 0 Å². The summed E-state index contributed by atoms with van der Waals surface area (Å²) in [6.45, 7) is 3.47. The summed E-state index contributed by atoms with van der Waals surface area (Å²) in [5.41, 5.74) is 1.79. The number of H-pyrrole nitrogens is 1. The van der Waals surface area contributed by atoms with E-state index < -0.39 is 6.04 Å². The Morgan fingerprint density at radius 2 is 1.84 bits per heavy atom. The van der Waals surface area contributed by atoms with Gasteiger partial charge in [-0.2, -0.15) is 0 Å². The smallest absolute Gasteiger partial charge is 0.315 e. The van der Waals surface area contributed by atoms with Gasteiger partial charge in [0, 0.05) is 57.2 Å². The first kappa shape index (κ1) is 26.5. The second kappa shape index (κ2) is 12.6. The van der Waals surface area contributed by atoms with Crippen molar-refractivity contribution in [2.45, 2.75) is 70.0 Å². The Morgan fingerprint density at radius 3 is 2.43 bits per heavy atom. The molecule has 4 amide bonds. The minimum atomic E-state index is -0.702. The van der Waals surface area contributed by atoms with Crippen LogP contribution in [0.25, 0.3) is 0 Å². The summed E-state index contributed by atoms with van der Waals surface area (Å²) in [7, 11) is 1.61. The summed E-state index contributed by atoms with van der Waals surface area (Å²) in [4.78, 5) is 49.8. The third-order valence-corrected chi connectivity index (χ3v) is 7.12. The number of aromatic nitrogens is 2. The molecule has 200 valence electrons. The van der Waals surface area contributed by atoms with Gasteiger partial charge in [0.25, 0.3) is 0 Å². The number of nitrogens with zero attached hydrogens (tertiary/aromatic N) is 3. The van der Waals surface area contributed by atoms with Gasteiger partial charge in [0.1, 0.15) is 11.8 Å². The third-order valence-electron chi connectivity index (χ3n) is 7.12. The lowest BCUT2D eigenvalue weighted by Crippen LogP contribution is -2.56. The molecule has 0 spiro atoms. The second-order valence-corrected chi connectivity index (χ2v) is 9.76. The van der Waals surface area contributed by atoms with Crippen molar-refractivity contribution >= 4 is 17.8 Å². The number of carbonyl (C=O) groups excluding carboxylic acids is 3. The van der Waals surface area contributed by atoms with Gasteiger partial charge in [-0.05, 0) is 43.4 Å². The number of ether oxygens (including phenoxy) is 1. The fourth-order valence-corrected chi connectivity index (χ4v) is 4.96. The number of carbonyl (C=O) groups is 3. The van der Waals surface area contributed by atoms with Gasteiger partial charge in [-0.1, -0.05) is 19.1 Å². The van der Waals surface area contributed by atoms with E-state index >= 15 is 0 Å². The highest BCUT2D eigenvalue weighted by atomic mass is 16.5. The monoisotopic (exact) mass is 510 g/mol. The minimum absolute atomic E-state index is 0.100. The number of imidazole rings is 1.